The van der Waals surface area contributed by atoms with E-state index >= 15 is 0 Å². The Labute approximate surface area is 140 Å². The zero-order chi connectivity index (χ0) is 15.4. The molecule has 0 bridgehead atoms. The van der Waals surface area contributed by atoms with Crippen LogP contribution in [-0.4, -0.2) is 91.2 Å². The van der Waals surface area contributed by atoms with Crippen molar-refractivity contribution in [1.82, 2.24) is 14.7 Å². The van der Waals surface area contributed by atoms with Gasteiger partial charge in [-0.05, 0) is 20.8 Å². The third-order valence-electron chi connectivity index (χ3n) is 4.44. The number of carbonyl (C=O) groups excluding carboxylic acids is 1. The summed E-state index contributed by atoms with van der Waals surface area (Å²) in [6.07, 6.45) is 0.289. The van der Waals surface area contributed by atoms with Crippen molar-refractivity contribution < 1.29 is 9.53 Å². The lowest BCUT2D eigenvalue weighted by atomic mass is 10.2. The Morgan fingerprint density at radius 1 is 1.18 bits per heavy atom. The van der Waals surface area contributed by atoms with Gasteiger partial charge in [0.2, 0.25) is 5.91 Å². The first kappa shape index (κ1) is 19.6. The quantitative estimate of drug-likeness (QED) is 0.784. The molecule has 2 heterocycles. The number of rotatable bonds is 4. The lowest BCUT2D eigenvalue weighted by Gasteiger charge is -2.40. The average molecular weight is 335 g/mol. The van der Waals surface area contributed by atoms with Crippen molar-refractivity contribution in [1.29, 1.82) is 0 Å². The minimum absolute atomic E-state index is 0. The SMILES string of the molecule is CC(N)C(=O)N1CCN(CC2CN(C(C)C)CCO2)CC1.Cl. The molecule has 0 spiro atoms. The fourth-order valence-electron chi connectivity index (χ4n) is 3.05. The zero-order valence-electron chi connectivity index (χ0n) is 14.0. The molecule has 2 aliphatic heterocycles. The predicted octanol–water partition coefficient (Wildman–Crippen LogP) is 0.00880. The first-order valence-corrected chi connectivity index (χ1v) is 8.09. The number of carbonyl (C=O) groups is 1. The zero-order valence-corrected chi connectivity index (χ0v) is 14.8. The van der Waals surface area contributed by atoms with Gasteiger partial charge in [0.05, 0.1) is 18.8 Å². The van der Waals surface area contributed by atoms with Gasteiger partial charge in [0.1, 0.15) is 0 Å². The van der Waals surface area contributed by atoms with Crippen molar-refractivity contribution in [3.8, 4) is 0 Å². The lowest BCUT2D eigenvalue weighted by Crippen LogP contribution is -2.55. The van der Waals surface area contributed by atoms with E-state index in [0.29, 0.717) is 6.04 Å². The van der Waals surface area contributed by atoms with Gasteiger partial charge in [-0.1, -0.05) is 0 Å². The summed E-state index contributed by atoms with van der Waals surface area (Å²) in [5.74, 6) is 0.0644. The summed E-state index contributed by atoms with van der Waals surface area (Å²) in [5.41, 5.74) is 5.66. The van der Waals surface area contributed by atoms with Crippen molar-refractivity contribution in [3.63, 3.8) is 0 Å². The number of ether oxygens (including phenoxy) is 1. The van der Waals surface area contributed by atoms with Crippen molar-refractivity contribution in [2.24, 2.45) is 5.73 Å². The van der Waals surface area contributed by atoms with E-state index in [-0.39, 0.29) is 24.4 Å². The van der Waals surface area contributed by atoms with E-state index in [1.807, 2.05) is 4.90 Å². The van der Waals surface area contributed by atoms with Crippen LogP contribution in [0, 0.1) is 0 Å². The number of amides is 1. The van der Waals surface area contributed by atoms with Gasteiger partial charge in [0, 0.05) is 51.9 Å². The van der Waals surface area contributed by atoms with Crippen LogP contribution in [0.5, 0.6) is 0 Å². The van der Waals surface area contributed by atoms with Crippen LogP contribution in [0.4, 0.5) is 0 Å². The van der Waals surface area contributed by atoms with Gasteiger partial charge in [-0.15, -0.1) is 12.4 Å². The fourth-order valence-corrected chi connectivity index (χ4v) is 3.05. The van der Waals surface area contributed by atoms with Crippen molar-refractivity contribution in [2.75, 3.05) is 52.4 Å². The second-order valence-electron chi connectivity index (χ2n) is 6.50. The Balaban J connectivity index is 0.00000242. The highest BCUT2D eigenvalue weighted by atomic mass is 35.5. The monoisotopic (exact) mass is 334 g/mol. The van der Waals surface area contributed by atoms with E-state index in [0.717, 1.165) is 52.4 Å². The molecule has 22 heavy (non-hydrogen) atoms. The van der Waals surface area contributed by atoms with Crippen LogP contribution in [-0.2, 0) is 9.53 Å². The van der Waals surface area contributed by atoms with Gasteiger partial charge in [-0.3, -0.25) is 14.6 Å². The molecule has 130 valence electrons. The van der Waals surface area contributed by atoms with Crippen molar-refractivity contribution in [3.05, 3.63) is 0 Å². The molecule has 7 heteroatoms. The highest BCUT2D eigenvalue weighted by Crippen LogP contribution is 2.12. The van der Waals surface area contributed by atoms with Crippen LogP contribution in [0.15, 0.2) is 0 Å². The Bertz CT molecular complexity index is 346. The number of hydrogen-bond donors (Lipinski definition) is 1. The number of nitrogens with two attached hydrogens (primary N) is 1. The molecule has 2 atom stereocenters. The van der Waals surface area contributed by atoms with Gasteiger partial charge in [-0.2, -0.15) is 0 Å². The highest BCUT2D eigenvalue weighted by Gasteiger charge is 2.27. The summed E-state index contributed by atoms with van der Waals surface area (Å²) in [5, 5.41) is 0. The summed E-state index contributed by atoms with van der Waals surface area (Å²) < 4.78 is 5.89. The molecule has 1 amide bonds. The third kappa shape index (κ3) is 5.35. The molecule has 2 unspecified atom stereocenters. The molecule has 2 fully saturated rings. The van der Waals surface area contributed by atoms with Gasteiger partial charge >= 0.3 is 0 Å². The van der Waals surface area contributed by atoms with Gasteiger partial charge in [0.25, 0.3) is 0 Å². The van der Waals surface area contributed by atoms with Gasteiger partial charge in [-0.25, -0.2) is 0 Å². The normalized spacial score (nSPS) is 25.9. The second kappa shape index (κ2) is 9.03. The van der Waals surface area contributed by atoms with E-state index < -0.39 is 6.04 Å². The Hall–Kier alpha value is -0.400. The van der Waals surface area contributed by atoms with Gasteiger partial charge < -0.3 is 15.4 Å². The van der Waals surface area contributed by atoms with E-state index in [1.165, 1.54) is 0 Å². The summed E-state index contributed by atoms with van der Waals surface area (Å²) in [6.45, 7) is 13.4. The van der Waals surface area contributed by atoms with Crippen LogP contribution in [0.25, 0.3) is 0 Å². The molecule has 2 rings (SSSR count). The van der Waals surface area contributed by atoms with E-state index in [9.17, 15) is 4.79 Å². The molecule has 0 aromatic rings. The number of hydrogen-bond acceptors (Lipinski definition) is 5. The topological polar surface area (TPSA) is 62.0 Å². The molecule has 0 aromatic heterocycles. The maximum absolute atomic E-state index is 11.9. The van der Waals surface area contributed by atoms with E-state index in [4.69, 9.17) is 10.5 Å². The summed E-state index contributed by atoms with van der Waals surface area (Å²) >= 11 is 0. The fraction of sp³-hybridized carbons (Fsp3) is 0.933. The molecule has 6 nitrogen and oxygen atoms in total. The minimum atomic E-state index is -0.391. The Morgan fingerprint density at radius 3 is 2.36 bits per heavy atom. The van der Waals surface area contributed by atoms with Crippen LogP contribution in [0.1, 0.15) is 20.8 Å². The molecule has 0 aromatic carbocycles. The largest absolute Gasteiger partial charge is 0.374 e. The molecule has 0 aliphatic carbocycles. The molecule has 2 saturated heterocycles. The molecule has 0 saturated carbocycles. The standard InChI is InChI=1S/C15H30N4O2.ClH/c1-12(2)19-8-9-21-14(11-19)10-17-4-6-18(7-5-17)15(20)13(3)16;/h12-14H,4-11,16H2,1-3H3;1H. The number of nitrogens with zero attached hydrogens (tertiary/aromatic N) is 3. The summed E-state index contributed by atoms with van der Waals surface area (Å²) in [6, 6.07) is 0.190. The smallest absolute Gasteiger partial charge is 0.239 e. The predicted molar refractivity (Wildman–Crippen MR) is 90.4 cm³/mol. The maximum atomic E-state index is 11.9. The molecular formula is C15H31ClN4O2. The van der Waals surface area contributed by atoms with Crippen LogP contribution >= 0.6 is 12.4 Å². The molecule has 2 N–H and O–H groups in total. The third-order valence-corrected chi connectivity index (χ3v) is 4.44. The Kier molecular flexibility index (Phi) is 8.07. The van der Waals surface area contributed by atoms with Crippen molar-refractivity contribution in [2.45, 2.75) is 39.0 Å². The number of piperazine rings is 1. The summed E-state index contributed by atoms with van der Waals surface area (Å²) in [4.78, 5) is 18.6. The van der Waals surface area contributed by atoms with Crippen LogP contribution in [0.3, 0.4) is 0 Å². The molecular weight excluding hydrogens is 304 g/mol. The Morgan fingerprint density at radius 2 is 1.82 bits per heavy atom. The number of morpholine rings is 1. The van der Waals surface area contributed by atoms with Crippen molar-refractivity contribution >= 4 is 18.3 Å². The second-order valence-corrected chi connectivity index (χ2v) is 6.50. The van der Waals surface area contributed by atoms with Crippen LogP contribution in [0.2, 0.25) is 0 Å². The van der Waals surface area contributed by atoms with E-state index in [1.54, 1.807) is 6.92 Å². The average Bonchev–Trinajstić information content (AvgIpc) is 2.47. The summed E-state index contributed by atoms with van der Waals surface area (Å²) in [7, 11) is 0. The van der Waals surface area contributed by atoms with Crippen LogP contribution < -0.4 is 5.73 Å². The highest BCUT2D eigenvalue weighted by molar-refractivity contribution is 5.85. The van der Waals surface area contributed by atoms with E-state index in [2.05, 4.69) is 23.6 Å². The lowest BCUT2D eigenvalue weighted by molar-refractivity contribution is -0.134. The first-order valence-electron chi connectivity index (χ1n) is 8.09. The maximum Gasteiger partial charge on any atom is 0.239 e. The number of halogens is 1. The van der Waals surface area contributed by atoms with Gasteiger partial charge in [0.15, 0.2) is 0 Å². The first-order chi connectivity index (χ1) is 9.97. The molecule has 0 radical (unpaired) electrons. The molecule has 2 aliphatic rings. The minimum Gasteiger partial charge on any atom is -0.374 e.